The Morgan fingerprint density at radius 2 is 1.88 bits per heavy atom. The lowest BCUT2D eigenvalue weighted by atomic mass is 10.00. The van der Waals surface area contributed by atoms with E-state index in [0.717, 1.165) is 19.3 Å². The first kappa shape index (κ1) is 11.9. The van der Waals surface area contributed by atoms with Crippen LogP contribution in [-0.2, 0) is 6.42 Å². The van der Waals surface area contributed by atoms with Crippen molar-refractivity contribution in [3.63, 3.8) is 0 Å². The van der Waals surface area contributed by atoms with Gasteiger partial charge in [-0.1, -0.05) is 48.5 Å². The van der Waals surface area contributed by atoms with E-state index in [1.165, 1.54) is 16.3 Å². The molecule has 0 aromatic heterocycles. The fourth-order valence-corrected chi connectivity index (χ4v) is 2.10. The van der Waals surface area contributed by atoms with Crippen LogP contribution in [0.5, 0.6) is 0 Å². The molecule has 1 atom stereocenters. The molecule has 17 heavy (non-hydrogen) atoms. The van der Waals surface area contributed by atoms with Crippen molar-refractivity contribution in [3.8, 4) is 0 Å². The van der Waals surface area contributed by atoms with Gasteiger partial charge < -0.3 is 5.73 Å². The molecular weight excluding hydrogens is 206 g/mol. The van der Waals surface area contributed by atoms with E-state index in [1.807, 2.05) is 6.08 Å². The molecule has 0 aliphatic rings. The van der Waals surface area contributed by atoms with Gasteiger partial charge in [-0.25, -0.2) is 0 Å². The summed E-state index contributed by atoms with van der Waals surface area (Å²) in [4.78, 5) is 0. The molecule has 2 aromatic rings. The van der Waals surface area contributed by atoms with Gasteiger partial charge in [-0.2, -0.15) is 0 Å². The molecule has 1 heteroatoms. The second-order valence-corrected chi connectivity index (χ2v) is 4.51. The van der Waals surface area contributed by atoms with Crippen molar-refractivity contribution in [3.05, 3.63) is 60.7 Å². The molecule has 88 valence electrons. The van der Waals surface area contributed by atoms with Gasteiger partial charge in [0.05, 0.1) is 0 Å². The topological polar surface area (TPSA) is 26.0 Å². The number of allylic oxidation sites excluding steroid dienone is 1. The van der Waals surface area contributed by atoms with Gasteiger partial charge in [0.2, 0.25) is 0 Å². The van der Waals surface area contributed by atoms with Gasteiger partial charge in [-0.05, 0) is 35.6 Å². The van der Waals surface area contributed by atoms with E-state index in [-0.39, 0.29) is 6.04 Å². The monoisotopic (exact) mass is 225 g/mol. The largest absolute Gasteiger partial charge is 0.327 e. The Bertz CT molecular complexity index is 502. The Labute approximate surface area is 103 Å². The number of nitrogens with two attached hydrogens (primary N) is 1. The predicted molar refractivity (Wildman–Crippen MR) is 75.1 cm³/mol. The van der Waals surface area contributed by atoms with Crippen LogP contribution in [0.25, 0.3) is 10.8 Å². The molecule has 0 fully saturated rings. The van der Waals surface area contributed by atoms with Gasteiger partial charge in [-0.15, -0.1) is 6.58 Å². The number of hydrogen-bond acceptors (Lipinski definition) is 1. The number of fused-ring (bicyclic) bond motifs is 1. The summed E-state index contributed by atoms with van der Waals surface area (Å²) in [7, 11) is 0. The van der Waals surface area contributed by atoms with Crippen LogP contribution in [0.4, 0.5) is 0 Å². The van der Waals surface area contributed by atoms with Gasteiger partial charge in [0.25, 0.3) is 0 Å². The number of benzene rings is 2. The summed E-state index contributed by atoms with van der Waals surface area (Å²) < 4.78 is 0. The summed E-state index contributed by atoms with van der Waals surface area (Å²) in [6.45, 7) is 3.73. The number of hydrogen-bond donors (Lipinski definition) is 1. The lowest BCUT2D eigenvalue weighted by Crippen LogP contribution is -2.22. The maximum Gasteiger partial charge on any atom is 0.00822 e. The third kappa shape index (κ3) is 3.18. The van der Waals surface area contributed by atoms with Crippen LogP contribution in [0, 0.1) is 0 Å². The van der Waals surface area contributed by atoms with Crippen LogP contribution >= 0.6 is 0 Å². The van der Waals surface area contributed by atoms with Crippen LogP contribution in [0.1, 0.15) is 18.4 Å². The molecule has 0 heterocycles. The molecule has 0 saturated heterocycles. The van der Waals surface area contributed by atoms with E-state index in [2.05, 4.69) is 49.0 Å². The van der Waals surface area contributed by atoms with Crippen molar-refractivity contribution in [2.75, 3.05) is 0 Å². The van der Waals surface area contributed by atoms with E-state index >= 15 is 0 Å². The molecule has 2 aromatic carbocycles. The van der Waals surface area contributed by atoms with E-state index in [9.17, 15) is 0 Å². The highest BCUT2D eigenvalue weighted by atomic mass is 14.6. The highest BCUT2D eigenvalue weighted by Crippen LogP contribution is 2.17. The second-order valence-electron chi connectivity index (χ2n) is 4.51. The molecule has 0 radical (unpaired) electrons. The molecule has 0 saturated carbocycles. The molecule has 0 aliphatic carbocycles. The van der Waals surface area contributed by atoms with Crippen molar-refractivity contribution >= 4 is 10.8 Å². The highest BCUT2D eigenvalue weighted by Gasteiger charge is 2.03. The SMILES string of the molecule is C=CCCC(N)Cc1ccc2ccccc2c1. The first-order valence-corrected chi connectivity index (χ1v) is 6.14. The summed E-state index contributed by atoms with van der Waals surface area (Å²) in [5.74, 6) is 0. The minimum atomic E-state index is 0.231. The average molecular weight is 225 g/mol. The van der Waals surface area contributed by atoms with Crippen molar-refractivity contribution in [2.45, 2.75) is 25.3 Å². The molecule has 1 nitrogen and oxygen atoms in total. The third-order valence-corrected chi connectivity index (χ3v) is 3.05. The zero-order chi connectivity index (χ0) is 12.1. The van der Waals surface area contributed by atoms with Crippen molar-refractivity contribution in [2.24, 2.45) is 5.73 Å². The van der Waals surface area contributed by atoms with Crippen molar-refractivity contribution < 1.29 is 0 Å². The van der Waals surface area contributed by atoms with E-state index in [4.69, 9.17) is 5.73 Å². The van der Waals surface area contributed by atoms with Crippen LogP contribution in [-0.4, -0.2) is 6.04 Å². The quantitative estimate of drug-likeness (QED) is 0.772. The second kappa shape index (κ2) is 5.65. The minimum Gasteiger partial charge on any atom is -0.327 e. The fraction of sp³-hybridized carbons (Fsp3) is 0.250. The molecule has 0 aliphatic heterocycles. The number of rotatable bonds is 5. The predicted octanol–water partition coefficient (Wildman–Crippen LogP) is 3.68. The molecule has 2 N–H and O–H groups in total. The Morgan fingerprint density at radius 3 is 2.65 bits per heavy atom. The fourth-order valence-electron chi connectivity index (χ4n) is 2.10. The Hall–Kier alpha value is -1.60. The minimum absolute atomic E-state index is 0.231. The Kier molecular flexibility index (Phi) is 3.94. The van der Waals surface area contributed by atoms with Crippen molar-refractivity contribution in [1.29, 1.82) is 0 Å². The van der Waals surface area contributed by atoms with Gasteiger partial charge in [0.1, 0.15) is 0 Å². The first-order chi connectivity index (χ1) is 8.29. The molecule has 1 unspecified atom stereocenters. The maximum absolute atomic E-state index is 6.09. The smallest absolute Gasteiger partial charge is 0.00822 e. The highest BCUT2D eigenvalue weighted by molar-refractivity contribution is 5.82. The van der Waals surface area contributed by atoms with Crippen LogP contribution in [0.15, 0.2) is 55.1 Å². The van der Waals surface area contributed by atoms with Gasteiger partial charge in [0.15, 0.2) is 0 Å². The zero-order valence-corrected chi connectivity index (χ0v) is 10.1. The van der Waals surface area contributed by atoms with E-state index in [1.54, 1.807) is 0 Å². The Balaban J connectivity index is 2.11. The van der Waals surface area contributed by atoms with Gasteiger partial charge >= 0.3 is 0 Å². The first-order valence-electron chi connectivity index (χ1n) is 6.14. The zero-order valence-electron chi connectivity index (χ0n) is 10.1. The molecule has 0 spiro atoms. The van der Waals surface area contributed by atoms with Gasteiger partial charge in [-0.3, -0.25) is 0 Å². The summed E-state index contributed by atoms with van der Waals surface area (Å²) >= 11 is 0. The average Bonchev–Trinajstić information content (AvgIpc) is 2.36. The molecule has 2 rings (SSSR count). The summed E-state index contributed by atoms with van der Waals surface area (Å²) in [6.07, 6.45) is 4.88. The Morgan fingerprint density at radius 1 is 1.12 bits per heavy atom. The molecule has 0 amide bonds. The third-order valence-electron chi connectivity index (χ3n) is 3.05. The standard InChI is InChI=1S/C16H19N/c1-2-3-8-16(17)12-13-9-10-14-6-4-5-7-15(14)11-13/h2,4-7,9-11,16H,1,3,8,12,17H2. The maximum atomic E-state index is 6.09. The lowest BCUT2D eigenvalue weighted by molar-refractivity contribution is 0.618. The van der Waals surface area contributed by atoms with E-state index < -0.39 is 0 Å². The lowest BCUT2D eigenvalue weighted by Gasteiger charge is -2.10. The normalized spacial score (nSPS) is 12.5. The molecule has 0 bridgehead atoms. The van der Waals surface area contributed by atoms with Crippen LogP contribution in [0.3, 0.4) is 0 Å². The summed E-state index contributed by atoms with van der Waals surface area (Å²) in [5.41, 5.74) is 7.41. The van der Waals surface area contributed by atoms with Crippen molar-refractivity contribution in [1.82, 2.24) is 0 Å². The molecular formula is C16H19N. The summed E-state index contributed by atoms with van der Waals surface area (Å²) in [5, 5.41) is 2.58. The van der Waals surface area contributed by atoms with Crippen LogP contribution in [0.2, 0.25) is 0 Å². The van der Waals surface area contributed by atoms with E-state index in [0.29, 0.717) is 0 Å². The summed E-state index contributed by atoms with van der Waals surface area (Å²) in [6, 6.07) is 15.2. The van der Waals surface area contributed by atoms with Gasteiger partial charge in [0, 0.05) is 6.04 Å². The van der Waals surface area contributed by atoms with Crippen LogP contribution < -0.4 is 5.73 Å².